The van der Waals surface area contributed by atoms with Gasteiger partial charge in [0.05, 0.1) is 7.11 Å². The van der Waals surface area contributed by atoms with Crippen molar-refractivity contribution in [3.05, 3.63) is 42.0 Å². The minimum absolute atomic E-state index is 0.0727. The topological polar surface area (TPSA) is 64.3 Å². The summed E-state index contributed by atoms with van der Waals surface area (Å²) in [5, 5.41) is 5.34. The van der Waals surface area contributed by atoms with Gasteiger partial charge in [-0.1, -0.05) is 24.6 Å². The van der Waals surface area contributed by atoms with Gasteiger partial charge in [-0.25, -0.2) is 0 Å². The lowest BCUT2D eigenvalue weighted by Crippen LogP contribution is -2.37. The summed E-state index contributed by atoms with van der Waals surface area (Å²) in [6, 6.07) is 12.4. The predicted molar refractivity (Wildman–Crippen MR) is 92.3 cm³/mol. The van der Waals surface area contributed by atoms with Gasteiger partial charge in [-0.05, 0) is 53.8 Å². The average Bonchev–Trinajstić information content (AvgIpc) is 2.59. The van der Waals surface area contributed by atoms with Crippen molar-refractivity contribution in [3.8, 4) is 5.75 Å². The van der Waals surface area contributed by atoms with E-state index in [-0.39, 0.29) is 17.9 Å². The molecule has 2 aromatic rings. The highest BCUT2D eigenvalue weighted by molar-refractivity contribution is 5.85. The van der Waals surface area contributed by atoms with Crippen LogP contribution in [0.4, 0.5) is 0 Å². The summed E-state index contributed by atoms with van der Waals surface area (Å²) in [6.45, 7) is 0.562. The first kappa shape index (κ1) is 15.8. The number of hydrogen-bond acceptors (Lipinski definition) is 3. The summed E-state index contributed by atoms with van der Waals surface area (Å²) in [5.74, 6) is 1.06. The first-order valence-electron chi connectivity index (χ1n) is 8.25. The zero-order valence-electron chi connectivity index (χ0n) is 13.5. The normalized spacial score (nSPS) is 21.1. The summed E-state index contributed by atoms with van der Waals surface area (Å²) in [6.07, 6.45) is 3.86. The van der Waals surface area contributed by atoms with E-state index in [0.717, 1.165) is 47.8 Å². The zero-order chi connectivity index (χ0) is 16.2. The molecule has 0 aromatic heterocycles. The lowest BCUT2D eigenvalue weighted by atomic mass is 9.85. The molecule has 2 atom stereocenters. The zero-order valence-corrected chi connectivity index (χ0v) is 13.5. The fraction of sp³-hybridized carbons (Fsp3) is 0.421. The Morgan fingerprint density at radius 2 is 2.00 bits per heavy atom. The second kappa shape index (κ2) is 7.01. The molecule has 1 aliphatic rings. The highest BCUT2D eigenvalue weighted by Crippen LogP contribution is 2.24. The molecule has 2 aromatic carbocycles. The van der Waals surface area contributed by atoms with E-state index >= 15 is 0 Å². The molecule has 1 aliphatic carbocycles. The molecule has 4 heteroatoms. The second-order valence-electron chi connectivity index (χ2n) is 6.39. The minimum atomic E-state index is 0.0727. The van der Waals surface area contributed by atoms with E-state index in [1.807, 2.05) is 18.2 Å². The van der Waals surface area contributed by atoms with Crippen LogP contribution in [0.1, 0.15) is 31.2 Å². The molecule has 0 spiro atoms. The number of ether oxygens (including phenoxy) is 1. The molecule has 0 heterocycles. The Morgan fingerprint density at radius 3 is 2.78 bits per heavy atom. The number of methoxy groups -OCH3 is 1. The highest BCUT2D eigenvalue weighted by Gasteiger charge is 2.24. The van der Waals surface area contributed by atoms with Crippen molar-refractivity contribution in [3.63, 3.8) is 0 Å². The summed E-state index contributed by atoms with van der Waals surface area (Å²) in [4.78, 5) is 12.3. The van der Waals surface area contributed by atoms with Gasteiger partial charge < -0.3 is 15.8 Å². The van der Waals surface area contributed by atoms with Gasteiger partial charge in [-0.15, -0.1) is 0 Å². The number of nitrogens with one attached hydrogen (secondary N) is 1. The molecule has 2 unspecified atom stereocenters. The summed E-state index contributed by atoms with van der Waals surface area (Å²) in [7, 11) is 1.67. The van der Waals surface area contributed by atoms with Crippen LogP contribution in [0, 0.1) is 5.92 Å². The van der Waals surface area contributed by atoms with E-state index in [0.29, 0.717) is 6.54 Å². The number of rotatable bonds is 4. The molecule has 3 rings (SSSR count). The third-order valence-electron chi connectivity index (χ3n) is 4.66. The van der Waals surface area contributed by atoms with Crippen LogP contribution in [0.2, 0.25) is 0 Å². The molecule has 3 N–H and O–H groups in total. The number of carbonyl (C=O) groups is 1. The SMILES string of the molecule is COc1ccc2cc(CNC(=O)C3CCCC(N)C3)ccc2c1. The van der Waals surface area contributed by atoms with Crippen LogP contribution in [0.5, 0.6) is 5.75 Å². The van der Waals surface area contributed by atoms with Gasteiger partial charge >= 0.3 is 0 Å². The Bertz CT molecular complexity index is 699. The van der Waals surface area contributed by atoms with Crippen molar-refractivity contribution in [1.82, 2.24) is 5.32 Å². The quantitative estimate of drug-likeness (QED) is 0.912. The van der Waals surface area contributed by atoms with Gasteiger partial charge in [-0.3, -0.25) is 4.79 Å². The van der Waals surface area contributed by atoms with E-state index in [1.54, 1.807) is 7.11 Å². The maximum Gasteiger partial charge on any atom is 0.223 e. The summed E-state index contributed by atoms with van der Waals surface area (Å²) < 4.78 is 5.24. The fourth-order valence-electron chi connectivity index (χ4n) is 3.31. The molecule has 1 saturated carbocycles. The third-order valence-corrected chi connectivity index (χ3v) is 4.66. The Morgan fingerprint density at radius 1 is 1.22 bits per heavy atom. The lowest BCUT2D eigenvalue weighted by molar-refractivity contribution is -0.126. The van der Waals surface area contributed by atoms with Crippen molar-refractivity contribution >= 4 is 16.7 Å². The van der Waals surface area contributed by atoms with Crippen LogP contribution in [0.15, 0.2) is 36.4 Å². The highest BCUT2D eigenvalue weighted by atomic mass is 16.5. The number of hydrogen-bond donors (Lipinski definition) is 2. The molecule has 4 nitrogen and oxygen atoms in total. The van der Waals surface area contributed by atoms with Crippen molar-refractivity contribution in [2.24, 2.45) is 11.7 Å². The molecule has 0 bridgehead atoms. The van der Waals surface area contributed by atoms with Crippen molar-refractivity contribution in [2.45, 2.75) is 38.3 Å². The minimum Gasteiger partial charge on any atom is -0.497 e. The van der Waals surface area contributed by atoms with Crippen LogP contribution in [-0.4, -0.2) is 19.1 Å². The molecule has 0 radical (unpaired) electrons. The number of benzene rings is 2. The molecule has 122 valence electrons. The predicted octanol–water partition coefficient (Wildman–Crippen LogP) is 2.98. The number of carbonyl (C=O) groups excluding carboxylic acids is 1. The summed E-state index contributed by atoms with van der Waals surface area (Å²) in [5.41, 5.74) is 7.07. The van der Waals surface area contributed by atoms with Gasteiger partial charge in [0.1, 0.15) is 5.75 Å². The van der Waals surface area contributed by atoms with E-state index in [4.69, 9.17) is 10.5 Å². The van der Waals surface area contributed by atoms with Gasteiger partial charge in [0.25, 0.3) is 0 Å². The molecule has 0 saturated heterocycles. The van der Waals surface area contributed by atoms with E-state index in [9.17, 15) is 4.79 Å². The maximum absolute atomic E-state index is 12.3. The molecule has 1 amide bonds. The Labute approximate surface area is 137 Å². The maximum atomic E-state index is 12.3. The van der Waals surface area contributed by atoms with Crippen LogP contribution >= 0.6 is 0 Å². The summed E-state index contributed by atoms with van der Waals surface area (Å²) >= 11 is 0. The van der Waals surface area contributed by atoms with Crippen LogP contribution in [0.3, 0.4) is 0 Å². The second-order valence-corrected chi connectivity index (χ2v) is 6.39. The number of amides is 1. The largest absolute Gasteiger partial charge is 0.497 e. The number of fused-ring (bicyclic) bond motifs is 1. The molecule has 23 heavy (non-hydrogen) atoms. The van der Waals surface area contributed by atoms with Gasteiger partial charge in [0.2, 0.25) is 5.91 Å². The van der Waals surface area contributed by atoms with Crippen molar-refractivity contribution < 1.29 is 9.53 Å². The molecule has 0 aliphatic heterocycles. The molecular weight excluding hydrogens is 288 g/mol. The monoisotopic (exact) mass is 312 g/mol. The van der Waals surface area contributed by atoms with Crippen LogP contribution < -0.4 is 15.8 Å². The average molecular weight is 312 g/mol. The third kappa shape index (κ3) is 3.82. The fourth-order valence-corrected chi connectivity index (χ4v) is 3.31. The van der Waals surface area contributed by atoms with Crippen LogP contribution in [-0.2, 0) is 11.3 Å². The van der Waals surface area contributed by atoms with Crippen molar-refractivity contribution in [1.29, 1.82) is 0 Å². The van der Waals surface area contributed by atoms with Crippen LogP contribution in [0.25, 0.3) is 10.8 Å². The Hall–Kier alpha value is -2.07. The Kier molecular flexibility index (Phi) is 4.82. The van der Waals surface area contributed by atoms with Gasteiger partial charge in [0, 0.05) is 18.5 Å². The smallest absolute Gasteiger partial charge is 0.223 e. The van der Waals surface area contributed by atoms with E-state index in [2.05, 4.69) is 23.5 Å². The molecular formula is C19H24N2O2. The first-order chi connectivity index (χ1) is 11.2. The van der Waals surface area contributed by atoms with E-state index in [1.165, 1.54) is 0 Å². The van der Waals surface area contributed by atoms with E-state index < -0.39 is 0 Å². The van der Waals surface area contributed by atoms with Crippen molar-refractivity contribution in [2.75, 3.05) is 7.11 Å². The standard InChI is InChI=1S/C19H24N2O2/c1-23-18-8-7-14-9-13(5-6-15(14)11-18)12-21-19(22)16-3-2-4-17(20)10-16/h5-9,11,16-17H,2-4,10,12,20H2,1H3,(H,21,22). The van der Waals surface area contributed by atoms with Gasteiger partial charge in [-0.2, -0.15) is 0 Å². The Balaban J connectivity index is 1.63. The first-order valence-corrected chi connectivity index (χ1v) is 8.25. The lowest BCUT2D eigenvalue weighted by Gasteiger charge is -2.25. The molecule has 1 fully saturated rings. The van der Waals surface area contributed by atoms with Gasteiger partial charge in [0.15, 0.2) is 0 Å². The number of nitrogens with two attached hydrogens (primary N) is 1.